The first-order chi connectivity index (χ1) is 17.3. The fraction of sp³-hybridized carbons (Fsp3) is 0.909. The Kier molecular flexibility index (Phi) is 30.5. The maximum absolute atomic E-state index is 10.9. The van der Waals surface area contributed by atoms with Gasteiger partial charge in [-0.25, -0.2) is 4.79 Å². The highest BCUT2D eigenvalue weighted by molar-refractivity contribution is 5.81. The van der Waals surface area contributed by atoms with E-state index in [2.05, 4.69) is 13.5 Å². The van der Waals surface area contributed by atoms with E-state index in [1.165, 1.54) is 179 Å². The summed E-state index contributed by atoms with van der Waals surface area (Å²) < 4.78 is 4.99. The summed E-state index contributed by atoms with van der Waals surface area (Å²) in [7, 11) is 0. The fourth-order valence-electron chi connectivity index (χ4n) is 5.00. The molecule has 0 radical (unpaired) electrons. The van der Waals surface area contributed by atoms with Gasteiger partial charge in [0.15, 0.2) is 0 Å². The summed E-state index contributed by atoms with van der Waals surface area (Å²) in [5, 5.41) is 0. The molecule has 0 saturated heterocycles. The van der Waals surface area contributed by atoms with Gasteiger partial charge in [0, 0.05) is 6.08 Å². The standard InChI is InChI=1S/C33H64O2/c1-3-5-6-7-8-9-10-11-12-13-14-15-16-17-18-19-20-21-22-23-24-25-26-27-28-29-30-31-32-35-33(34)4-2/h4H,2-3,5-32H2,1H3. The molecule has 0 aromatic heterocycles. The molecule has 0 N–H and O–H groups in total. The van der Waals surface area contributed by atoms with E-state index in [9.17, 15) is 4.79 Å². The highest BCUT2D eigenvalue weighted by Crippen LogP contribution is 2.16. The molecule has 0 unspecified atom stereocenters. The van der Waals surface area contributed by atoms with E-state index in [0.29, 0.717) is 6.61 Å². The molecular formula is C33H64O2. The van der Waals surface area contributed by atoms with Gasteiger partial charge in [0.25, 0.3) is 0 Å². The molecule has 0 aliphatic rings. The molecule has 0 bridgehead atoms. The first kappa shape index (κ1) is 34.2. The normalized spacial score (nSPS) is 11.1. The zero-order chi connectivity index (χ0) is 25.5. The van der Waals surface area contributed by atoms with Gasteiger partial charge in [-0.1, -0.05) is 187 Å². The zero-order valence-corrected chi connectivity index (χ0v) is 24.1. The molecule has 35 heavy (non-hydrogen) atoms. The molecule has 0 heterocycles. The lowest BCUT2D eigenvalue weighted by Crippen LogP contribution is -2.01. The molecule has 0 amide bonds. The minimum Gasteiger partial charge on any atom is -0.463 e. The van der Waals surface area contributed by atoms with Gasteiger partial charge in [0.2, 0.25) is 0 Å². The van der Waals surface area contributed by atoms with E-state index in [0.717, 1.165) is 6.42 Å². The van der Waals surface area contributed by atoms with Crippen LogP contribution in [0.3, 0.4) is 0 Å². The van der Waals surface area contributed by atoms with Crippen LogP contribution in [0.15, 0.2) is 12.7 Å². The van der Waals surface area contributed by atoms with Crippen LogP contribution in [-0.2, 0) is 9.53 Å². The van der Waals surface area contributed by atoms with Crippen LogP contribution in [0.4, 0.5) is 0 Å². The Morgan fingerprint density at radius 1 is 0.457 bits per heavy atom. The molecule has 0 aliphatic heterocycles. The number of hydrogen-bond acceptors (Lipinski definition) is 2. The maximum Gasteiger partial charge on any atom is 0.330 e. The lowest BCUT2D eigenvalue weighted by molar-refractivity contribution is -0.137. The average Bonchev–Trinajstić information content (AvgIpc) is 2.87. The number of hydrogen-bond donors (Lipinski definition) is 0. The Hall–Kier alpha value is -0.790. The summed E-state index contributed by atoms with van der Waals surface area (Å²) in [5.41, 5.74) is 0. The molecule has 0 fully saturated rings. The molecule has 2 heteroatoms. The van der Waals surface area contributed by atoms with Crippen molar-refractivity contribution < 1.29 is 9.53 Å². The van der Waals surface area contributed by atoms with Gasteiger partial charge in [0.1, 0.15) is 0 Å². The van der Waals surface area contributed by atoms with Gasteiger partial charge in [-0.3, -0.25) is 0 Å². The fourth-order valence-corrected chi connectivity index (χ4v) is 5.00. The quantitative estimate of drug-likeness (QED) is 0.0566. The number of esters is 1. The predicted octanol–water partition coefficient (Wildman–Crippen LogP) is 11.7. The summed E-state index contributed by atoms with van der Waals surface area (Å²) in [6.45, 7) is 6.25. The smallest absolute Gasteiger partial charge is 0.330 e. The van der Waals surface area contributed by atoms with Gasteiger partial charge in [-0.15, -0.1) is 0 Å². The SMILES string of the molecule is C=CC(=O)OCCCCCCCCCCCCCCCCCCCCCCCCCCCCCC. The molecular weight excluding hydrogens is 428 g/mol. The minimum absolute atomic E-state index is 0.296. The number of unbranched alkanes of at least 4 members (excludes halogenated alkanes) is 27. The van der Waals surface area contributed by atoms with E-state index in [4.69, 9.17) is 4.74 Å². The number of ether oxygens (including phenoxy) is 1. The zero-order valence-electron chi connectivity index (χ0n) is 24.1. The molecule has 0 aliphatic carbocycles. The Labute approximate surface area is 221 Å². The highest BCUT2D eigenvalue weighted by atomic mass is 16.5. The first-order valence-corrected chi connectivity index (χ1v) is 16.1. The molecule has 0 rings (SSSR count). The summed E-state index contributed by atoms with van der Waals surface area (Å²) in [4.78, 5) is 10.9. The van der Waals surface area contributed by atoms with Crippen LogP contribution in [0.1, 0.15) is 187 Å². The minimum atomic E-state index is -0.296. The number of carbonyl (C=O) groups excluding carboxylic acids is 1. The first-order valence-electron chi connectivity index (χ1n) is 16.1. The monoisotopic (exact) mass is 492 g/mol. The van der Waals surface area contributed by atoms with Crippen LogP contribution < -0.4 is 0 Å². The lowest BCUT2D eigenvalue weighted by Gasteiger charge is -2.05. The van der Waals surface area contributed by atoms with Gasteiger partial charge >= 0.3 is 5.97 Å². The van der Waals surface area contributed by atoms with Gasteiger partial charge in [-0.2, -0.15) is 0 Å². The van der Waals surface area contributed by atoms with E-state index in [1.54, 1.807) is 0 Å². The van der Waals surface area contributed by atoms with Crippen molar-refractivity contribution in [2.75, 3.05) is 6.61 Å². The summed E-state index contributed by atoms with van der Waals surface area (Å²) >= 11 is 0. The van der Waals surface area contributed by atoms with Crippen LogP contribution in [-0.4, -0.2) is 12.6 Å². The van der Waals surface area contributed by atoms with Crippen LogP contribution in [0.25, 0.3) is 0 Å². The Bertz CT molecular complexity index is 417. The predicted molar refractivity (Wildman–Crippen MR) is 156 cm³/mol. The van der Waals surface area contributed by atoms with Crippen LogP contribution >= 0.6 is 0 Å². The van der Waals surface area contributed by atoms with E-state index >= 15 is 0 Å². The van der Waals surface area contributed by atoms with Crippen molar-refractivity contribution in [2.45, 2.75) is 187 Å². The molecule has 0 atom stereocenters. The molecule has 208 valence electrons. The third kappa shape index (κ3) is 31.2. The van der Waals surface area contributed by atoms with E-state index < -0.39 is 0 Å². The summed E-state index contributed by atoms with van der Waals surface area (Å²) in [6, 6.07) is 0. The van der Waals surface area contributed by atoms with Crippen molar-refractivity contribution in [3.8, 4) is 0 Å². The van der Waals surface area contributed by atoms with Crippen molar-refractivity contribution in [1.82, 2.24) is 0 Å². The Morgan fingerprint density at radius 3 is 0.914 bits per heavy atom. The van der Waals surface area contributed by atoms with Crippen molar-refractivity contribution in [3.63, 3.8) is 0 Å². The molecule has 2 nitrogen and oxygen atoms in total. The van der Waals surface area contributed by atoms with Crippen molar-refractivity contribution in [3.05, 3.63) is 12.7 Å². The third-order valence-corrected chi connectivity index (χ3v) is 7.41. The maximum atomic E-state index is 10.9. The molecule has 0 aromatic rings. The summed E-state index contributed by atoms with van der Waals surface area (Å²) in [5.74, 6) is -0.296. The van der Waals surface area contributed by atoms with Gasteiger partial charge in [-0.05, 0) is 6.42 Å². The Morgan fingerprint density at radius 2 is 0.686 bits per heavy atom. The second-order valence-corrected chi connectivity index (χ2v) is 10.9. The molecule has 0 aromatic carbocycles. The van der Waals surface area contributed by atoms with Crippen LogP contribution in [0.5, 0.6) is 0 Å². The third-order valence-electron chi connectivity index (χ3n) is 7.41. The molecule has 0 saturated carbocycles. The highest BCUT2D eigenvalue weighted by Gasteiger charge is 1.97. The van der Waals surface area contributed by atoms with E-state index in [1.807, 2.05) is 0 Å². The van der Waals surface area contributed by atoms with Gasteiger partial charge < -0.3 is 4.74 Å². The van der Waals surface area contributed by atoms with E-state index in [-0.39, 0.29) is 5.97 Å². The van der Waals surface area contributed by atoms with Crippen LogP contribution in [0, 0.1) is 0 Å². The number of carbonyl (C=O) groups is 1. The number of rotatable bonds is 30. The second kappa shape index (κ2) is 31.2. The topological polar surface area (TPSA) is 26.3 Å². The van der Waals surface area contributed by atoms with Crippen molar-refractivity contribution in [1.29, 1.82) is 0 Å². The van der Waals surface area contributed by atoms with Crippen molar-refractivity contribution >= 4 is 5.97 Å². The van der Waals surface area contributed by atoms with Gasteiger partial charge in [0.05, 0.1) is 6.61 Å². The average molecular weight is 493 g/mol. The largest absolute Gasteiger partial charge is 0.463 e. The van der Waals surface area contributed by atoms with Crippen molar-refractivity contribution in [2.24, 2.45) is 0 Å². The lowest BCUT2D eigenvalue weighted by atomic mass is 10.0. The second-order valence-electron chi connectivity index (χ2n) is 10.9. The summed E-state index contributed by atoms with van der Waals surface area (Å²) in [6.07, 6.45) is 40.8. The molecule has 0 spiro atoms. The Balaban J connectivity index is 3.03. The van der Waals surface area contributed by atoms with Crippen LogP contribution in [0.2, 0.25) is 0 Å².